The first-order chi connectivity index (χ1) is 6.72. The van der Waals surface area contributed by atoms with Crippen molar-refractivity contribution >= 4 is 5.57 Å². The zero-order valence-corrected chi connectivity index (χ0v) is 7.66. The molecule has 1 saturated carbocycles. The Hall–Kier alpha value is -1.89. The number of rotatable bonds is 3. The van der Waals surface area contributed by atoms with Crippen LogP contribution in [0.5, 0.6) is 0 Å². The van der Waals surface area contributed by atoms with E-state index in [4.69, 9.17) is 9.68 Å². The summed E-state index contributed by atoms with van der Waals surface area (Å²) in [5, 5.41) is 16.5. The molecule has 4 nitrogen and oxygen atoms in total. The Balaban J connectivity index is 2.32. The predicted octanol–water partition coefficient (Wildman–Crippen LogP) is 1.82. The van der Waals surface area contributed by atoms with E-state index in [0.29, 0.717) is 17.4 Å². The molecule has 0 radical (unpaired) electrons. The van der Waals surface area contributed by atoms with Crippen molar-refractivity contribution in [3.8, 4) is 6.07 Å². The van der Waals surface area contributed by atoms with Crippen molar-refractivity contribution in [3.63, 3.8) is 0 Å². The Bertz CT molecular complexity index is 434. The fourth-order valence-electron chi connectivity index (χ4n) is 1.13. The Morgan fingerprint density at radius 3 is 2.79 bits per heavy atom. The van der Waals surface area contributed by atoms with E-state index in [-0.39, 0.29) is 0 Å². The highest BCUT2D eigenvalue weighted by molar-refractivity contribution is 5.64. The number of aromatic nitrogens is 2. The van der Waals surface area contributed by atoms with Crippen LogP contribution in [0, 0.1) is 11.3 Å². The molecule has 0 unspecified atom stereocenters. The lowest BCUT2D eigenvalue weighted by molar-refractivity contribution is 0.461. The molecule has 1 aromatic rings. The lowest BCUT2D eigenvalue weighted by Crippen LogP contribution is -2.02. The molecule has 0 aromatic carbocycles. The molecule has 1 aliphatic rings. The Morgan fingerprint density at radius 1 is 1.57 bits per heavy atom. The van der Waals surface area contributed by atoms with Crippen LogP contribution in [0.3, 0.4) is 0 Å². The van der Waals surface area contributed by atoms with Crippen LogP contribution in [0.1, 0.15) is 24.6 Å². The third-order valence-electron chi connectivity index (χ3n) is 2.32. The van der Waals surface area contributed by atoms with Crippen LogP contribution in [-0.4, -0.2) is 10.2 Å². The molecule has 70 valence electrons. The number of allylic oxidation sites excluding steroid dienone is 2. The minimum Gasteiger partial charge on any atom is -0.419 e. The van der Waals surface area contributed by atoms with Crippen molar-refractivity contribution in [1.29, 1.82) is 5.26 Å². The molecule has 0 saturated heterocycles. The van der Waals surface area contributed by atoms with Gasteiger partial charge in [-0.1, -0.05) is 19.2 Å². The van der Waals surface area contributed by atoms with E-state index in [1.807, 2.05) is 0 Å². The molecule has 0 atom stereocenters. The average Bonchev–Trinajstić information content (AvgIpc) is 2.87. The minimum atomic E-state index is -0.521. The van der Waals surface area contributed by atoms with Gasteiger partial charge in [-0.3, -0.25) is 0 Å². The van der Waals surface area contributed by atoms with Gasteiger partial charge in [0.1, 0.15) is 5.41 Å². The highest BCUT2D eigenvalue weighted by Crippen LogP contribution is 2.46. The highest BCUT2D eigenvalue weighted by atomic mass is 16.4. The van der Waals surface area contributed by atoms with Gasteiger partial charge in [0.25, 0.3) is 0 Å². The van der Waals surface area contributed by atoms with Crippen molar-refractivity contribution in [2.75, 3.05) is 0 Å². The van der Waals surface area contributed by atoms with Gasteiger partial charge >= 0.3 is 0 Å². The average molecular weight is 187 g/mol. The van der Waals surface area contributed by atoms with Crippen molar-refractivity contribution in [2.24, 2.45) is 0 Å². The first kappa shape index (κ1) is 8.70. The molecular formula is C10H9N3O. The normalized spacial score (nSPS) is 17.1. The molecule has 14 heavy (non-hydrogen) atoms. The smallest absolute Gasteiger partial charge is 0.247 e. The summed E-state index contributed by atoms with van der Waals surface area (Å²) >= 11 is 0. The molecule has 1 fully saturated rings. The molecule has 0 aliphatic heterocycles. The van der Waals surface area contributed by atoms with E-state index in [0.717, 1.165) is 12.8 Å². The van der Waals surface area contributed by atoms with Crippen LogP contribution in [0.4, 0.5) is 0 Å². The summed E-state index contributed by atoms with van der Waals surface area (Å²) in [6, 6.07) is 2.19. The summed E-state index contributed by atoms with van der Waals surface area (Å²) < 4.78 is 5.34. The molecule has 1 heterocycles. The van der Waals surface area contributed by atoms with Gasteiger partial charge in [-0.05, 0) is 12.8 Å². The Morgan fingerprint density at radius 2 is 2.29 bits per heavy atom. The van der Waals surface area contributed by atoms with E-state index in [9.17, 15) is 0 Å². The van der Waals surface area contributed by atoms with Gasteiger partial charge in [-0.25, -0.2) is 0 Å². The van der Waals surface area contributed by atoms with Gasteiger partial charge in [0.2, 0.25) is 11.8 Å². The van der Waals surface area contributed by atoms with Crippen LogP contribution >= 0.6 is 0 Å². The van der Waals surface area contributed by atoms with Crippen molar-refractivity contribution in [1.82, 2.24) is 10.2 Å². The van der Waals surface area contributed by atoms with Gasteiger partial charge in [0, 0.05) is 5.57 Å². The summed E-state index contributed by atoms with van der Waals surface area (Å²) in [4.78, 5) is 0. The second-order valence-electron chi connectivity index (χ2n) is 3.34. The molecule has 0 N–H and O–H groups in total. The topological polar surface area (TPSA) is 62.7 Å². The highest BCUT2D eigenvalue weighted by Gasteiger charge is 2.50. The summed E-state index contributed by atoms with van der Waals surface area (Å²) in [6.45, 7) is 7.24. The number of nitriles is 1. The second kappa shape index (κ2) is 2.81. The maximum absolute atomic E-state index is 8.89. The van der Waals surface area contributed by atoms with Gasteiger partial charge in [0.05, 0.1) is 6.07 Å². The maximum Gasteiger partial charge on any atom is 0.247 e. The molecule has 1 aromatic heterocycles. The molecule has 0 spiro atoms. The fraction of sp³-hybridized carbons (Fsp3) is 0.300. The Labute approximate surface area is 81.6 Å². The minimum absolute atomic E-state index is 0.344. The zero-order chi connectivity index (χ0) is 10.2. The number of nitrogens with zero attached hydrogens (tertiary/aromatic N) is 3. The van der Waals surface area contributed by atoms with Crippen LogP contribution < -0.4 is 0 Å². The van der Waals surface area contributed by atoms with E-state index in [2.05, 4.69) is 29.4 Å². The largest absolute Gasteiger partial charge is 0.419 e. The molecular weight excluding hydrogens is 178 g/mol. The molecule has 2 rings (SSSR count). The van der Waals surface area contributed by atoms with Gasteiger partial charge in [-0.2, -0.15) is 5.26 Å². The van der Waals surface area contributed by atoms with Gasteiger partial charge in [0.15, 0.2) is 0 Å². The number of hydrogen-bond donors (Lipinski definition) is 0. The van der Waals surface area contributed by atoms with Gasteiger partial charge < -0.3 is 4.42 Å². The lowest BCUT2D eigenvalue weighted by atomic mass is 10.1. The quantitative estimate of drug-likeness (QED) is 0.677. The lowest BCUT2D eigenvalue weighted by Gasteiger charge is -1.95. The summed E-state index contributed by atoms with van der Waals surface area (Å²) in [5.74, 6) is 0.745. The van der Waals surface area contributed by atoms with E-state index < -0.39 is 5.41 Å². The zero-order valence-electron chi connectivity index (χ0n) is 7.66. The van der Waals surface area contributed by atoms with Gasteiger partial charge in [-0.15, -0.1) is 10.2 Å². The first-order valence-electron chi connectivity index (χ1n) is 4.29. The SMILES string of the molecule is C=CC(=C)c1nnc(C2(C#N)CC2)o1. The fourth-order valence-corrected chi connectivity index (χ4v) is 1.13. The van der Waals surface area contributed by atoms with E-state index >= 15 is 0 Å². The third kappa shape index (κ3) is 1.14. The summed E-state index contributed by atoms with van der Waals surface area (Å²) in [6.07, 6.45) is 3.14. The van der Waals surface area contributed by atoms with E-state index in [1.165, 1.54) is 0 Å². The number of hydrogen-bond acceptors (Lipinski definition) is 4. The van der Waals surface area contributed by atoms with Crippen molar-refractivity contribution in [3.05, 3.63) is 31.0 Å². The Kier molecular flexibility index (Phi) is 1.74. The molecule has 0 amide bonds. The monoisotopic (exact) mass is 187 g/mol. The second-order valence-corrected chi connectivity index (χ2v) is 3.34. The maximum atomic E-state index is 8.89. The van der Waals surface area contributed by atoms with Crippen LogP contribution in [-0.2, 0) is 5.41 Å². The summed E-state index contributed by atoms with van der Waals surface area (Å²) in [5.41, 5.74) is 0.0599. The van der Waals surface area contributed by atoms with Crippen LogP contribution in [0.15, 0.2) is 23.7 Å². The van der Waals surface area contributed by atoms with Crippen LogP contribution in [0.2, 0.25) is 0 Å². The van der Waals surface area contributed by atoms with Crippen molar-refractivity contribution in [2.45, 2.75) is 18.3 Å². The third-order valence-corrected chi connectivity index (χ3v) is 2.32. The summed E-state index contributed by atoms with van der Waals surface area (Å²) in [7, 11) is 0. The predicted molar refractivity (Wildman–Crippen MR) is 50.1 cm³/mol. The van der Waals surface area contributed by atoms with E-state index in [1.54, 1.807) is 6.08 Å². The molecule has 0 bridgehead atoms. The molecule has 4 heteroatoms. The molecule has 1 aliphatic carbocycles. The standard InChI is InChI=1S/C10H9N3O/c1-3-7(2)8-12-13-9(14-8)10(6-11)4-5-10/h3H,1-2,4-5H2. The van der Waals surface area contributed by atoms with Crippen LogP contribution in [0.25, 0.3) is 5.57 Å². The van der Waals surface area contributed by atoms with Crippen molar-refractivity contribution < 1.29 is 4.42 Å². The first-order valence-corrected chi connectivity index (χ1v) is 4.29.